The fourth-order valence-electron chi connectivity index (χ4n) is 4.44. The van der Waals surface area contributed by atoms with E-state index in [-0.39, 0.29) is 24.0 Å². The minimum absolute atomic E-state index is 0. The van der Waals surface area contributed by atoms with E-state index in [2.05, 4.69) is 61.2 Å². The van der Waals surface area contributed by atoms with Crippen molar-refractivity contribution >= 4 is 41.3 Å². The summed E-state index contributed by atoms with van der Waals surface area (Å²) in [5.74, 6) is 1.67. The molecule has 8 heteroatoms. The normalized spacial score (nSPS) is 24.0. The number of halogens is 1. The van der Waals surface area contributed by atoms with Gasteiger partial charge in [0.25, 0.3) is 0 Å². The van der Waals surface area contributed by atoms with Gasteiger partial charge in [-0.3, -0.25) is 9.89 Å². The molecule has 6 nitrogen and oxygen atoms in total. The van der Waals surface area contributed by atoms with Crippen LogP contribution in [0.1, 0.15) is 36.8 Å². The molecule has 0 aromatic carbocycles. The number of aromatic nitrogens is 2. The molecule has 0 spiro atoms. The first-order chi connectivity index (χ1) is 13.7. The highest BCUT2D eigenvalue weighted by Crippen LogP contribution is 2.28. The van der Waals surface area contributed by atoms with Gasteiger partial charge in [-0.1, -0.05) is 6.92 Å². The maximum atomic E-state index is 4.59. The first kappa shape index (κ1) is 22.6. The van der Waals surface area contributed by atoms with Gasteiger partial charge in [-0.2, -0.15) is 0 Å². The van der Waals surface area contributed by atoms with Crippen molar-refractivity contribution in [2.24, 2.45) is 10.9 Å². The van der Waals surface area contributed by atoms with Gasteiger partial charge < -0.3 is 14.8 Å². The van der Waals surface area contributed by atoms with E-state index in [0.29, 0.717) is 18.0 Å². The van der Waals surface area contributed by atoms with Crippen LogP contribution in [0.2, 0.25) is 0 Å². The van der Waals surface area contributed by atoms with Crippen LogP contribution in [-0.4, -0.2) is 64.6 Å². The zero-order valence-corrected chi connectivity index (χ0v) is 20.8. The van der Waals surface area contributed by atoms with E-state index in [1.807, 2.05) is 30.9 Å². The Morgan fingerprint density at radius 3 is 3.03 bits per heavy atom. The molecule has 2 aromatic heterocycles. The first-order valence-electron chi connectivity index (χ1n) is 10.4. The summed E-state index contributed by atoms with van der Waals surface area (Å²) in [6.45, 7) is 9.85. The standard InChI is InChI=1S/C21H32N6S.HI/c1-16-4-8-26(14-19(16)27-10-7-23-15-27)21(22-3)24-12-17(2)25-9-5-20-18(13-25)6-11-28-20;/h6-7,10-11,15-17,19H,4-5,8-9,12-14H2,1-3H3,(H,22,24);1H. The third kappa shape index (κ3) is 5.14. The minimum Gasteiger partial charge on any atom is -0.355 e. The Labute approximate surface area is 195 Å². The fourth-order valence-corrected chi connectivity index (χ4v) is 5.33. The van der Waals surface area contributed by atoms with Gasteiger partial charge >= 0.3 is 0 Å². The van der Waals surface area contributed by atoms with E-state index >= 15 is 0 Å². The largest absolute Gasteiger partial charge is 0.355 e. The van der Waals surface area contributed by atoms with Gasteiger partial charge in [0, 0.05) is 63.1 Å². The Kier molecular flexibility index (Phi) is 7.98. The highest BCUT2D eigenvalue weighted by molar-refractivity contribution is 14.0. The molecule has 2 aliphatic heterocycles. The topological polar surface area (TPSA) is 48.7 Å². The number of hydrogen-bond acceptors (Lipinski definition) is 4. The van der Waals surface area contributed by atoms with Gasteiger partial charge in [-0.05, 0) is 42.7 Å². The van der Waals surface area contributed by atoms with Crippen LogP contribution in [0.4, 0.5) is 0 Å². The summed E-state index contributed by atoms with van der Waals surface area (Å²) in [6.07, 6.45) is 8.25. The summed E-state index contributed by atoms with van der Waals surface area (Å²) in [5.41, 5.74) is 1.51. The van der Waals surface area contributed by atoms with E-state index in [9.17, 15) is 0 Å². The predicted molar refractivity (Wildman–Crippen MR) is 131 cm³/mol. The number of guanidine groups is 1. The summed E-state index contributed by atoms with van der Waals surface area (Å²) in [5, 5.41) is 5.88. The Morgan fingerprint density at radius 1 is 1.41 bits per heavy atom. The molecule has 0 radical (unpaired) electrons. The lowest BCUT2D eigenvalue weighted by Gasteiger charge is -2.40. The van der Waals surface area contributed by atoms with Crippen molar-refractivity contribution in [3.05, 3.63) is 40.6 Å². The summed E-state index contributed by atoms with van der Waals surface area (Å²) in [4.78, 5) is 15.4. The lowest BCUT2D eigenvalue weighted by atomic mass is 9.93. The summed E-state index contributed by atoms with van der Waals surface area (Å²) < 4.78 is 2.25. The monoisotopic (exact) mass is 528 g/mol. The summed E-state index contributed by atoms with van der Waals surface area (Å²) >= 11 is 1.90. The lowest BCUT2D eigenvalue weighted by Crippen LogP contribution is -2.52. The average molecular weight is 529 g/mol. The molecular formula is C21H33IN6S. The van der Waals surface area contributed by atoms with Gasteiger partial charge in [0.1, 0.15) is 0 Å². The van der Waals surface area contributed by atoms with Crippen molar-refractivity contribution < 1.29 is 0 Å². The maximum absolute atomic E-state index is 4.59. The highest BCUT2D eigenvalue weighted by atomic mass is 127. The van der Waals surface area contributed by atoms with Crippen LogP contribution >= 0.6 is 35.3 Å². The minimum atomic E-state index is 0. The summed E-state index contributed by atoms with van der Waals surface area (Å²) in [7, 11) is 1.90. The smallest absolute Gasteiger partial charge is 0.193 e. The van der Waals surface area contributed by atoms with Gasteiger partial charge in [-0.25, -0.2) is 4.98 Å². The molecule has 0 bridgehead atoms. The number of hydrogen-bond donors (Lipinski definition) is 1. The molecule has 4 heterocycles. The van der Waals surface area contributed by atoms with Crippen molar-refractivity contribution in [2.75, 3.05) is 33.2 Å². The van der Waals surface area contributed by atoms with E-state index in [1.54, 1.807) is 4.88 Å². The number of thiophene rings is 1. The molecule has 2 aliphatic rings. The molecule has 1 N–H and O–H groups in total. The Balaban J connectivity index is 0.00000240. The number of nitrogens with zero attached hydrogens (tertiary/aromatic N) is 5. The number of rotatable bonds is 4. The van der Waals surface area contributed by atoms with Crippen molar-refractivity contribution in [2.45, 2.75) is 45.3 Å². The van der Waals surface area contributed by atoms with Crippen LogP contribution in [0.15, 0.2) is 35.2 Å². The molecule has 29 heavy (non-hydrogen) atoms. The Hall–Kier alpha value is -1.13. The maximum Gasteiger partial charge on any atom is 0.193 e. The van der Waals surface area contributed by atoms with E-state index < -0.39 is 0 Å². The molecule has 0 amide bonds. The Morgan fingerprint density at radius 2 is 2.28 bits per heavy atom. The van der Waals surface area contributed by atoms with Gasteiger partial charge in [-0.15, -0.1) is 35.3 Å². The van der Waals surface area contributed by atoms with E-state index in [0.717, 1.165) is 38.7 Å². The third-order valence-electron chi connectivity index (χ3n) is 6.35. The first-order valence-corrected chi connectivity index (χ1v) is 11.3. The molecule has 3 unspecified atom stereocenters. The number of likely N-dealkylation sites (tertiary alicyclic amines) is 1. The van der Waals surface area contributed by atoms with Gasteiger partial charge in [0.15, 0.2) is 5.96 Å². The number of aliphatic imine (C=N–C) groups is 1. The molecule has 0 saturated carbocycles. The van der Waals surface area contributed by atoms with E-state index in [4.69, 9.17) is 0 Å². The predicted octanol–water partition coefficient (Wildman–Crippen LogP) is 3.47. The second-order valence-corrected chi connectivity index (χ2v) is 9.16. The molecule has 4 rings (SSSR count). The van der Waals surface area contributed by atoms with Crippen LogP contribution in [0.25, 0.3) is 0 Å². The van der Waals surface area contributed by atoms with Crippen LogP contribution in [0, 0.1) is 5.92 Å². The van der Waals surface area contributed by atoms with Gasteiger partial charge in [0.05, 0.1) is 12.4 Å². The molecule has 2 aromatic rings. The molecule has 3 atom stereocenters. The van der Waals surface area contributed by atoms with Crippen molar-refractivity contribution in [3.8, 4) is 0 Å². The van der Waals surface area contributed by atoms with Crippen LogP contribution in [-0.2, 0) is 13.0 Å². The second kappa shape index (κ2) is 10.3. The van der Waals surface area contributed by atoms with Crippen LogP contribution in [0.3, 0.4) is 0 Å². The van der Waals surface area contributed by atoms with Gasteiger partial charge in [0.2, 0.25) is 0 Å². The van der Waals surface area contributed by atoms with Crippen molar-refractivity contribution in [1.29, 1.82) is 0 Å². The number of fused-ring (bicyclic) bond motifs is 1. The number of piperidine rings is 1. The highest BCUT2D eigenvalue weighted by Gasteiger charge is 2.29. The molecule has 1 saturated heterocycles. The second-order valence-electron chi connectivity index (χ2n) is 8.16. The molecular weight excluding hydrogens is 495 g/mol. The number of imidazole rings is 1. The lowest BCUT2D eigenvalue weighted by molar-refractivity contribution is 0.179. The fraction of sp³-hybridized carbons (Fsp3) is 0.619. The SMILES string of the molecule is CN=C(NCC(C)N1CCc2sccc2C1)N1CCC(C)C(n2ccnc2)C1.I. The van der Waals surface area contributed by atoms with E-state index in [1.165, 1.54) is 18.4 Å². The number of nitrogens with one attached hydrogen (secondary N) is 1. The molecule has 1 fully saturated rings. The quantitative estimate of drug-likeness (QED) is 0.375. The molecule has 160 valence electrons. The van der Waals surface area contributed by atoms with Crippen LogP contribution < -0.4 is 5.32 Å². The third-order valence-corrected chi connectivity index (χ3v) is 7.38. The molecule has 0 aliphatic carbocycles. The average Bonchev–Trinajstić information content (AvgIpc) is 3.40. The zero-order valence-electron chi connectivity index (χ0n) is 17.6. The Bertz CT molecular complexity index is 789. The zero-order chi connectivity index (χ0) is 19.5. The van der Waals surface area contributed by atoms with Crippen molar-refractivity contribution in [3.63, 3.8) is 0 Å². The van der Waals surface area contributed by atoms with Crippen LogP contribution in [0.5, 0.6) is 0 Å². The summed E-state index contributed by atoms with van der Waals surface area (Å²) in [6, 6.07) is 3.22. The van der Waals surface area contributed by atoms with Crippen molar-refractivity contribution in [1.82, 2.24) is 24.7 Å².